The van der Waals surface area contributed by atoms with E-state index in [1.807, 2.05) is 0 Å². The molecule has 1 saturated heterocycles. The van der Waals surface area contributed by atoms with Crippen molar-refractivity contribution < 1.29 is 24.4 Å². The number of rotatable bonds is 4. The van der Waals surface area contributed by atoms with E-state index in [9.17, 15) is 19.7 Å². The first-order valence-electron chi connectivity index (χ1n) is 6.24. The second-order valence-corrected chi connectivity index (χ2v) is 4.77. The summed E-state index contributed by atoms with van der Waals surface area (Å²) in [4.78, 5) is 34.7. The lowest BCUT2D eigenvalue weighted by Gasteiger charge is -2.26. The van der Waals surface area contributed by atoms with Gasteiger partial charge in [-0.15, -0.1) is 0 Å². The zero-order valence-corrected chi connectivity index (χ0v) is 11.3. The molecule has 0 bridgehead atoms. The van der Waals surface area contributed by atoms with Gasteiger partial charge in [0, 0.05) is 24.7 Å². The second kappa shape index (κ2) is 5.88. The van der Waals surface area contributed by atoms with Gasteiger partial charge in [-0.1, -0.05) is 0 Å². The lowest BCUT2D eigenvalue weighted by atomic mass is 10.0. The number of nitrogens with zero attached hydrogens (tertiary/aromatic N) is 2. The number of carbonyl (C=O) groups excluding carboxylic acids is 1. The molecular weight excluding hydrogens is 280 g/mol. The summed E-state index contributed by atoms with van der Waals surface area (Å²) in [5.41, 5.74) is 0.154. The molecule has 0 aliphatic carbocycles. The molecule has 1 aliphatic rings. The van der Waals surface area contributed by atoms with Crippen LogP contribution in [0.5, 0.6) is 0 Å². The number of aliphatic carboxylic acids is 1. The summed E-state index contributed by atoms with van der Waals surface area (Å²) < 4.78 is 5.12. The molecular formula is C13H14N2O6. The van der Waals surface area contributed by atoms with Crippen LogP contribution in [0, 0.1) is 16.0 Å². The Labute approximate surface area is 120 Å². The molecule has 1 heterocycles. The molecule has 8 nitrogen and oxygen atoms in total. The van der Waals surface area contributed by atoms with Crippen LogP contribution in [0.2, 0.25) is 0 Å². The third kappa shape index (κ3) is 3.00. The Balaban J connectivity index is 2.15. The number of likely N-dealkylation sites (N-methyl/N-ethyl adjacent to an activating group) is 1. The standard InChI is InChI=1S/C13H14N2O6/c1-14(11-7-21-6-10(11)13(17)18)12(16)8-2-4-9(5-3-8)15(19)20/h2-5,10-11H,6-7H2,1H3,(H,17,18). The Morgan fingerprint density at radius 1 is 1.33 bits per heavy atom. The lowest BCUT2D eigenvalue weighted by Crippen LogP contribution is -2.44. The molecule has 1 N–H and O–H groups in total. The highest BCUT2D eigenvalue weighted by Gasteiger charge is 2.38. The minimum absolute atomic E-state index is 0.0673. The summed E-state index contributed by atoms with van der Waals surface area (Å²) in [5, 5.41) is 19.7. The Morgan fingerprint density at radius 3 is 2.48 bits per heavy atom. The van der Waals surface area contributed by atoms with E-state index in [4.69, 9.17) is 9.84 Å². The third-order valence-electron chi connectivity index (χ3n) is 3.51. The van der Waals surface area contributed by atoms with E-state index in [1.165, 1.54) is 36.2 Å². The topological polar surface area (TPSA) is 110 Å². The van der Waals surface area contributed by atoms with Crippen molar-refractivity contribution in [3.63, 3.8) is 0 Å². The highest BCUT2D eigenvalue weighted by Crippen LogP contribution is 2.21. The zero-order chi connectivity index (χ0) is 15.6. The number of carbonyl (C=O) groups is 2. The summed E-state index contributed by atoms with van der Waals surface area (Å²) >= 11 is 0. The maximum Gasteiger partial charge on any atom is 0.311 e. The van der Waals surface area contributed by atoms with Crippen molar-refractivity contribution in [1.29, 1.82) is 0 Å². The average molecular weight is 294 g/mol. The van der Waals surface area contributed by atoms with E-state index in [-0.39, 0.29) is 24.5 Å². The highest BCUT2D eigenvalue weighted by atomic mass is 16.6. The number of non-ortho nitro benzene ring substituents is 1. The van der Waals surface area contributed by atoms with Crippen LogP contribution in [-0.2, 0) is 9.53 Å². The second-order valence-electron chi connectivity index (χ2n) is 4.77. The van der Waals surface area contributed by atoms with Crippen LogP contribution in [0.25, 0.3) is 0 Å². The summed E-state index contributed by atoms with van der Waals surface area (Å²) in [7, 11) is 1.50. The minimum Gasteiger partial charge on any atom is -0.481 e. The molecule has 2 rings (SSSR count). The molecule has 0 aromatic heterocycles. The van der Waals surface area contributed by atoms with E-state index >= 15 is 0 Å². The van der Waals surface area contributed by atoms with Gasteiger partial charge in [-0.2, -0.15) is 0 Å². The maximum absolute atomic E-state index is 12.3. The summed E-state index contributed by atoms with van der Waals surface area (Å²) in [5.74, 6) is -2.18. The smallest absolute Gasteiger partial charge is 0.311 e. The van der Waals surface area contributed by atoms with Crippen LogP contribution in [0.15, 0.2) is 24.3 Å². The molecule has 112 valence electrons. The van der Waals surface area contributed by atoms with E-state index in [0.29, 0.717) is 0 Å². The van der Waals surface area contributed by atoms with Gasteiger partial charge in [0.15, 0.2) is 0 Å². The van der Waals surface area contributed by atoms with E-state index in [2.05, 4.69) is 0 Å². The van der Waals surface area contributed by atoms with Crippen LogP contribution >= 0.6 is 0 Å². The number of carboxylic acids is 1. The lowest BCUT2D eigenvalue weighted by molar-refractivity contribution is -0.384. The van der Waals surface area contributed by atoms with Crippen LogP contribution < -0.4 is 0 Å². The molecule has 1 fully saturated rings. The van der Waals surface area contributed by atoms with Crippen molar-refractivity contribution in [1.82, 2.24) is 4.90 Å². The van der Waals surface area contributed by atoms with Crippen LogP contribution in [-0.4, -0.2) is 53.1 Å². The normalized spacial score (nSPS) is 21.0. The fourth-order valence-corrected chi connectivity index (χ4v) is 2.24. The van der Waals surface area contributed by atoms with Gasteiger partial charge in [-0.3, -0.25) is 19.7 Å². The van der Waals surface area contributed by atoms with E-state index in [0.717, 1.165) is 0 Å². The number of ether oxygens (including phenoxy) is 1. The van der Waals surface area contributed by atoms with Crippen LogP contribution in [0.3, 0.4) is 0 Å². The predicted molar refractivity (Wildman–Crippen MR) is 70.9 cm³/mol. The first-order chi connectivity index (χ1) is 9.91. The van der Waals surface area contributed by atoms with E-state index < -0.39 is 28.8 Å². The van der Waals surface area contributed by atoms with Gasteiger partial charge in [-0.05, 0) is 12.1 Å². The molecule has 8 heteroatoms. The SMILES string of the molecule is CN(C(=O)c1ccc([N+](=O)[O-])cc1)C1COCC1C(=O)O. The molecule has 1 aromatic carbocycles. The van der Waals surface area contributed by atoms with Crippen molar-refractivity contribution in [3.8, 4) is 0 Å². The van der Waals surface area contributed by atoms with Gasteiger partial charge in [-0.25, -0.2) is 0 Å². The monoisotopic (exact) mass is 294 g/mol. The predicted octanol–water partition coefficient (Wildman–Crippen LogP) is 0.766. The molecule has 1 aromatic rings. The summed E-state index contributed by atoms with van der Waals surface area (Å²) in [6.07, 6.45) is 0. The highest BCUT2D eigenvalue weighted by molar-refractivity contribution is 5.94. The number of carboxylic acid groups (broad SMARTS) is 1. The third-order valence-corrected chi connectivity index (χ3v) is 3.51. The van der Waals surface area contributed by atoms with Gasteiger partial charge >= 0.3 is 5.97 Å². The Kier molecular flexibility index (Phi) is 4.18. The molecule has 0 radical (unpaired) electrons. The van der Waals surface area contributed by atoms with Gasteiger partial charge in [0.25, 0.3) is 11.6 Å². The number of nitro groups is 1. The van der Waals surface area contributed by atoms with Crippen molar-refractivity contribution >= 4 is 17.6 Å². The first-order valence-corrected chi connectivity index (χ1v) is 6.24. The molecule has 0 spiro atoms. The van der Waals surface area contributed by atoms with Gasteiger partial charge < -0.3 is 14.7 Å². The first kappa shape index (κ1) is 14.9. The van der Waals surface area contributed by atoms with Gasteiger partial charge in [0.2, 0.25) is 0 Å². The quantitative estimate of drug-likeness (QED) is 0.648. The Bertz CT molecular complexity index is 571. The largest absolute Gasteiger partial charge is 0.481 e. The fourth-order valence-electron chi connectivity index (χ4n) is 2.24. The molecule has 21 heavy (non-hydrogen) atoms. The number of hydrogen-bond acceptors (Lipinski definition) is 5. The molecule has 1 amide bonds. The van der Waals surface area contributed by atoms with Crippen LogP contribution in [0.1, 0.15) is 10.4 Å². The van der Waals surface area contributed by atoms with Crippen molar-refractivity contribution in [2.75, 3.05) is 20.3 Å². The summed E-state index contributed by atoms with van der Waals surface area (Å²) in [6, 6.07) is 4.62. The van der Waals surface area contributed by atoms with Gasteiger partial charge in [0.1, 0.15) is 5.92 Å². The molecule has 0 saturated carbocycles. The zero-order valence-electron chi connectivity index (χ0n) is 11.3. The number of hydrogen-bond donors (Lipinski definition) is 1. The fraction of sp³-hybridized carbons (Fsp3) is 0.385. The molecule has 2 unspecified atom stereocenters. The number of benzene rings is 1. The molecule has 1 aliphatic heterocycles. The maximum atomic E-state index is 12.3. The Morgan fingerprint density at radius 2 is 1.95 bits per heavy atom. The molecule has 2 atom stereocenters. The van der Waals surface area contributed by atoms with Crippen LogP contribution in [0.4, 0.5) is 5.69 Å². The van der Waals surface area contributed by atoms with Crippen molar-refractivity contribution in [3.05, 3.63) is 39.9 Å². The van der Waals surface area contributed by atoms with Gasteiger partial charge in [0.05, 0.1) is 24.2 Å². The number of amides is 1. The minimum atomic E-state index is -1.01. The average Bonchev–Trinajstić information content (AvgIpc) is 2.95. The summed E-state index contributed by atoms with van der Waals surface area (Å²) in [6.45, 7) is 0.226. The number of nitro benzene ring substituents is 1. The van der Waals surface area contributed by atoms with Crippen molar-refractivity contribution in [2.24, 2.45) is 5.92 Å². The van der Waals surface area contributed by atoms with Crippen molar-refractivity contribution in [2.45, 2.75) is 6.04 Å². The van der Waals surface area contributed by atoms with E-state index in [1.54, 1.807) is 0 Å². The Hall–Kier alpha value is -2.48.